The van der Waals surface area contributed by atoms with Crippen molar-refractivity contribution < 1.29 is 9.59 Å². The van der Waals surface area contributed by atoms with Gasteiger partial charge in [0.05, 0.1) is 24.5 Å². The first-order chi connectivity index (χ1) is 16.0. The van der Waals surface area contributed by atoms with Gasteiger partial charge >= 0.3 is 0 Å². The van der Waals surface area contributed by atoms with Crippen molar-refractivity contribution in [1.82, 2.24) is 4.90 Å². The Balaban J connectivity index is 1.48. The summed E-state index contributed by atoms with van der Waals surface area (Å²) in [5.74, 6) is 0.133. The van der Waals surface area contributed by atoms with E-state index in [1.54, 1.807) is 27.6 Å². The average molecular weight is 477 g/mol. The third kappa shape index (κ3) is 4.85. The van der Waals surface area contributed by atoms with Gasteiger partial charge in [-0.1, -0.05) is 24.3 Å². The highest BCUT2D eigenvalue weighted by Gasteiger charge is 2.31. The first kappa shape index (κ1) is 22.8. The Kier molecular flexibility index (Phi) is 6.92. The molecule has 3 heterocycles. The third-order valence-electron chi connectivity index (χ3n) is 5.63. The van der Waals surface area contributed by atoms with Crippen LogP contribution in [0.2, 0.25) is 0 Å². The summed E-state index contributed by atoms with van der Waals surface area (Å²) in [4.78, 5) is 33.9. The van der Waals surface area contributed by atoms with E-state index in [1.807, 2.05) is 83.2 Å². The van der Waals surface area contributed by atoms with Gasteiger partial charge in [0, 0.05) is 36.7 Å². The largest absolute Gasteiger partial charge is 0.332 e. The SMILES string of the molecule is CN1C(=C(C#N)C(=O)CCC(=O)N(Cc2cccs2)Cc2cccs2)N(C)c2ccccc21. The summed E-state index contributed by atoms with van der Waals surface area (Å²) in [6.07, 6.45) is 0.0586. The summed E-state index contributed by atoms with van der Waals surface area (Å²) in [6, 6.07) is 17.8. The van der Waals surface area contributed by atoms with Crippen molar-refractivity contribution in [3.8, 4) is 6.07 Å². The lowest BCUT2D eigenvalue weighted by atomic mass is 10.1. The quantitative estimate of drug-likeness (QED) is 0.338. The Hall–Kier alpha value is -3.41. The van der Waals surface area contributed by atoms with Crippen molar-refractivity contribution in [2.24, 2.45) is 0 Å². The van der Waals surface area contributed by atoms with Crippen LogP contribution in [0, 0.1) is 11.3 Å². The van der Waals surface area contributed by atoms with Crippen molar-refractivity contribution >= 4 is 45.7 Å². The molecular formula is C25H24N4O2S2. The zero-order valence-electron chi connectivity index (χ0n) is 18.5. The summed E-state index contributed by atoms with van der Waals surface area (Å²) in [5.41, 5.74) is 1.95. The van der Waals surface area contributed by atoms with Crippen LogP contribution in [0.4, 0.5) is 11.4 Å². The number of thiophene rings is 2. The molecule has 33 heavy (non-hydrogen) atoms. The maximum absolute atomic E-state index is 13.1. The third-order valence-corrected chi connectivity index (χ3v) is 7.35. The van der Waals surface area contributed by atoms with Crippen LogP contribution >= 0.6 is 22.7 Å². The molecule has 0 fully saturated rings. The number of anilines is 2. The minimum Gasteiger partial charge on any atom is -0.332 e. The van der Waals surface area contributed by atoms with Gasteiger partial charge in [-0.3, -0.25) is 9.59 Å². The summed E-state index contributed by atoms with van der Waals surface area (Å²) in [6.45, 7) is 1.02. The number of rotatable bonds is 8. The van der Waals surface area contributed by atoms with E-state index >= 15 is 0 Å². The Morgan fingerprint density at radius 2 is 1.42 bits per heavy atom. The molecular weight excluding hydrogens is 452 g/mol. The van der Waals surface area contributed by atoms with Gasteiger partial charge in [-0.2, -0.15) is 5.26 Å². The second-order valence-electron chi connectivity index (χ2n) is 7.75. The van der Waals surface area contributed by atoms with E-state index in [0.717, 1.165) is 21.1 Å². The van der Waals surface area contributed by atoms with Gasteiger partial charge in [0.15, 0.2) is 5.78 Å². The Bertz CT molecular complexity index is 1140. The van der Waals surface area contributed by atoms with Crippen LogP contribution in [0.1, 0.15) is 22.6 Å². The van der Waals surface area contributed by atoms with Crippen LogP contribution in [0.3, 0.4) is 0 Å². The van der Waals surface area contributed by atoms with Gasteiger partial charge in [-0.25, -0.2) is 0 Å². The molecule has 1 amide bonds. The summed E-state index contributed by atoms with van der Waals surface area (Å²) < 4.78 is 0. The van der Waals surface area contributed by atoms with Gasteiger partial charge in [0.25, 0.3) is 0 Å². The second kappa shape index (κ2) is 10.0. The molecule has 0 radical (unpaired) electrons. The Morgan fingerprint density at radius 1 is 0.879 bits per heavy atom. The summed E-state index contributed by atoms with van der Waals surface area (Å²) in [7, 11) is 3.69. The molecule has 1 aliphatic heterocycles. The number of allylic oxidation sites excluding steroid dienone is 1. The molecule has 0 saturated carbocycles. The Labute approximate surface area is 201 Å². The molecule has 4 rings (SSSR count). The second-order valence-corrected chi connectivity index (χ2v) is 9.81. The number of nitrogens with zero attached hydrogens (tertiary/aromatic N) is 4. The molecule has 2 aromatic heterocycles. The molecule has 6 nitrogen and oxygen atoms in total. The lowest BCUT2D eigenvalue weighted by Crippen LogP contribution is -2.30. The molecule has 0 bridgehead atoms. The van der Waals surface area contributed by atoms with Crippen molar-refractivity contribution in [2.75, 3.05) is 23.9 Å². The van der Waals surface area contributed by atoms with Crippen molar-refractivity contribution in [3.63, 3.8) is 0 Å². The normalized spacial score (nSPS) is 12.5. The van der Waals surface area contributed by atoms with E-state index in [4.69, 9.17) is 0 Å². The highest BCUT2D eigenvalue weighted by molar-refractivity contribution is 7.10. The number of Topliss-reactive ketones (excluding diaryl/α,β-unsaturated/α-hetero) is 1. The molecule has 0 aliphatic carbocycles. The average Bonchev–Trinajstić information content (AvgIpc) is 3.57. The number of ketones is 1. The fourth-order valence-corrected chi connectivity index (χ4v) is 5.41. The van der Waals surface area contributed by atoms with Gasteiger partial charge in [-0.05, 0) is 35.0 Å². The highest BCUT2D eigenvalue weighted by Crippen LogP contribution is 2.40. The number of carbonyl (C=O) groups is 2. The molecule has 1 aromatic carbocycles. The zero-order valence-corrected chi connectivity index (χ0v) is 20.2. The van der Waals surface area contributed by atoms with Gasteiger partial charge in [0.2, 0.25) is 5.91 Å². The van der Waals surface area contributed by atoms with E-state index in [2.05, 4.69) is 6.07 Å². The number of fused-ring (bicyclic) bond motifs is 1. The number of benzene rings is 1. The molecule has 0 spiro atoms. The van der Waals surface area contributed by atoms with E-state index in [9.17, 15) is 14.9 Å². The first-order valence-corrected chi connectivity index (χ1v) is 12.3. The lowest BCUT2D eigenvalue weighted by molar-refractivity contribution is -0.133. The van der Waals surface area contributed by atoms with E-state index in [0.29, 0.717) is 18.9 Å². The number of carbonyl (C=O) groups excluding carboxylic acids is 2. The molecule has 168 valence electrons. The van der Waals surface area contributed by atoms with E-state index < -0.39 is 0 Å². The number of nitriles is 1. The predicted octanol–water partition coefficient (Wildman–Crippen LogP) is 5.01. The molecule has 0 N–H and O–H groups in total. The van der Waals surface area contributed by atoms with Crippen LogP contribution in [0.5, 0.6) is 0 Å². The highest BCUT2D eigenvalue weighted by atomic mass is 32.1. The summed E-state index contributed by atoms with van der Waals surface area (Å²) in [5, 5.41) is 13.8. The number of amides is 1. The molecule has 0 atom stereocenters. The van der Waals surface area contributed by atoms with Crippen LogP contribution < -0.4 is 9.80 Å². The standard InChI is InChI=1S/C25H24N4O2S2/c1-27-21-9-3-4-10-22(21)28(2)25(27)20(15-26)23(30)11-12-24(31)29(16-18-7-5-13-32-18)17-19-8-6-14-33-19/h3-10,13-14H,11-12,16-17H2,1-2H3. The van der Waals surface area contributed by atoms with Crippen LogP contribution in [0.25, 0.3) is 0 Å². The molecule has 1 aliphatic rings. The first-order valence-electron chi connectivity index (χ1n) is 10.6. The van der Waals surface area contributed by atoms with Gasteiger partial charge in [0.1, 0.15) is 17.5 Å². The topological polar surface area (TPSA) is 67.6 Å². The molecule has 0 saturated heterocycles. The monoisotopic (exact) mass is 476 g/mol. The van der Waals surface area contributed by atoms with E-state index in [-0.39, 0.29) is 30.1 Å². The van der Waals surface area contributed by atoms with Gasteiger partial charge in [-0.15, -0.1) is 22.7 Å². The van der Waals surface area contributed by atoms with Crippen molar-refractivity contribution in [3.05, 3.63) is 80.4 Å². The minimum absolute atomic E-state index is 0.00532. The number of hydrogen-bond acceptors (Lipinski definition) is 7. The van der Waals surface area contributed by atoms with Crippen molar-refractivity contribution in [1.29, 1.82) is 5.26 Å². The number of hydrogen-bond donors (Lipinski definition) is 0. The lowest BCUT2D eigenvalue weighted by Gasteiger charge is -2.22. The maximum atomic E-state index is 13.1. The fraction of sp³-hybridized carbons (Fsp3) is 0.240. The van der Waals surface area contributed by atoms with Crippen molar-refractivity contribution in [2.45, 2.75) is 25.9 Å². The molecule has 0 unspecified atom stereocenters. The fourth-order valence-electron chi connectivity index (χ4n) is 3.97. The minimum atomic E-state index is -0.320. The molecule has 3 aromatic rings. The smallest absolute Gasteiger partial charge is 0.223 e. The number of para-hydroxylation sites is 2. The zero-order chi connectivity index (χ0) is 23.4. The van der Waals surface area contributed by atoms with Crippen LogP contribution in [-0.2, 0) is 22.7 Å². The van der Waals surface area contributed by atoms with Crippen LogP contribution in [0.15, 0.2) is 70.7 Å². The predicted molar refractivity (Wildman–Crippen MR) is 133 cm³/mol. The van der Waals surface area contributed by atoms with E-state index in [1.165, 1.54) is 0 Å². The summed E-state index contributed by atoms with van der Waals surface area (Å²) >= 11 is 3.21. The maximum Gasteiger partial charge on any atom is 0.223 e. The Morgan fingerprint density at radius 3 is 1.88 bits per heavy atom. The van der Waals surface area contributed by atoms with Crippen LogP contribution in [-0.4, -0.2) is 30.7 Å². The molecule has 8 heteroatoms. The van der Waals surface area contributed by atoms with Gasteiger partial charge < -0.3 is 14.7 Å².